The van der Waals surface area contributed by atoms with Gasteiger partial charge in [-0.15, -0.1) is 11.8 Å². The molecule has 1 aliphatic heterocycles. The third-order valence-corrected chi connectivity index (χ3v) is 4.66. The van der Waals surface area contributed by atoms with Crippen molar-refractivity contribution in [2.75, 3.05) is 17.8 Å². The van der Waals surface area contributed by atoms with Gasteiger partial charge < -0.3 is 4.74 Å². The molecular formula is C19H17NO3S. The number of methoxy groups -OCH3 is 1. The quantitative estimate of drug-likeness (QED) is 0.779. The molecule has 5 heteroatoms. The topological polar surface area (TPSA) is 46.6 Å². The number of rotatable bonds is 5. The fraction of sp³-hybridized carbons (Fsp3) is 0.158. The maximum Gasteiger partial charge on any atom is 0.272 e. The van der Waals surface area contributed by atoms with E-state index in [-0.39, 0.29) is 11.8 Å². The minimum Gasteiger partial charge on any atom is -0.497 e. The van der Waals surface area contributed by atoms with Crippen molar-refractivity contribution in [3.05, 3.63) is 65.1 Å². The highest BCUT2D eigenvalue weighted by molar-refractivity contribution is 8.04. The van der Waals surface area contributed by atoms with Gasteiger partial charge in [-0.25, -0.2) is 4.90 Å². The van der Waals surface area contributed by atoms with Crippen molar-refractivity contribution in [2.24, 2.45) is 0 Å². The summed E-state index contributed by atoms with van der Waals surface area (Å²) in [5.74, 6) is 0.747. The first-order valence-electron chi connectivity index (χ1n) is 7.62. The fourth-order valence-corrected chi connectivity index (χ4v) is 3.48. The molecule has 1 heterocycles. The summed E-state index contributed by atoms with van der Waals surface area (Å²) in [6.07, 6.45) is 0. The molecule has 0 atom stereocenters. The molecule has 0 aliphatic carbocycles. The van der Waals surface area contributed by atoms with Crippen LogP contribution in [0.2, 0.25) is 0 Å². The summed E-state index contributed by atoms with van der Waals surface area (Å²) in [4.78, 5) is 27.6. The Kier molecular flexibility index (Phi) is 4.71. The van der Waals surface area contributed by atoms with E-state index in [9.17, 15) is 9.59 Å². The van der Waals surface area contributed by atoms with Gasteiger partial charge in [0.15, 0.2) is 0 Å². The van der Waals surface area contributed by atoms with Gasteiger partial charge in [-0.05, 0) is 23.4 Å². The van der Waals surface area contributed by atoms with Crippen molar-refractivity contribution in [2.45, 2.75) is 6.92 Å². The number of carbonyl (C=O) groups is 2. The van der Waals surface area contributed by atoms with Crippen molar-refractivity contribution in [1.82, 2.24) is 0 Å². The van der Waals surface area contributed by atoms with E-state index in [2.05, 4.69) is 0 Å². The smallest absolute Gasteiger partial charge is 0.272 e. The number of carbonyl (C=O) groups excluding carboxylic acids is 2. The molecule has 2 amide bonds. The Hall–Kier alpha value is -2.53. The first-order valence-corrected chi connectivity index (χ1v) is 8.61. The molecule has 1 aliphatic rings. The second kappa shape index (κ2) is 6.93. The molecule has 0 aromatic heterocycles. The minimum absolute atomic E-state index is 0.279. The van der Waals surface area contributed by atoms with Crippen LogP contribution in [-0.2, 0) is 9.59 Å². The normalized spacial score (nSPS) is 14.5. The van der Waals surface area contributed by atoms with Crippen LogP contribution in [0.4, 0.5) is 5.69 Å². The first kappa shape index (κ1) is 16.3. The Balaban J connectivity index is 2.08. The fourth-order valence-electron chi connectivity index (χ4n) is 2.63. The number of amides is 2. The molecule has 0 N–H and O–H groups in total. The van der Waals surface area contributed by atoms with E-state index in [1.807, 2.05) is 37.3 Å². The summed E-state index contributed by atoms with van der Waals surface area (Å²) in [5, 5.41) is 0. The van der Waals surface area contributed by atoms with E-state index < -0.39 is 0 Å². The lowest BCUT2D eigenvalue weighted by Crippen LogP contribution is -2.31. The van der Waals surface area contributed by atoms with Crippen LogP contribution in [0.25, 0.3) is 5.57 Å². The van der Waals surface area contributed by atoms with E-state index in [0.29, 0.717) is 21.9 Å². The largest absolute Gasteiger partial charge is 0.497 e. The Bertz CT molecular complexity index is 814. The summed E-state index contributed by atoms with van der Waals surface area (Å²) >= 11 is 1.40. The molecule has 3 rings (SSSR count). The molecule has 0 saturated carbocycles. The maximum absolute atomic E-state index is 13.0. The van der Waals surface area contributed by atoms with Crippen LogP contribution in [0.5, 0.6) is 5.75 Å². The summed E-state index contributed by atoms with van der Waals surface area (Å²) < 4.78 is 5.20. The molecule has 0 fully saturated rings. The highest BCUT2D eigenvalue weighted by Gasteiger charge is 2.39. The van der Waals surface area contributed by atoms with Crippen molar-refractivity contribution in [3.63, 3.8) is 0 Å². The van der Waals surface area contributed by atoms with Crippen LogP contribution in [0.15, 0.2) is 59.5 Å². The van der Waals surface area contributed by atoms with E-state index in [0.717, 1.165) is 11.3 Å². The highest BCUT2D eigenvalue weighted by atomic mass is 32.2. The highest BCUT2D eigenvalue weighted by Crippen LogP contribution is 2.38. The van der Waals surface area contributed by atoms with Gasteiger partial charge in [0.2, 0.25) is 0 Å². The second-order valence-corrected chi connectivity index (χ2v) is 6.42. The van der Waals surface area contributed by atoms with Crippen LogP contribution in [-0.4, -0.2) is 24.7 Å². The molecule has 0 bridgehead atoms. The van der Waals surface area contributed by atoms with Crippen molar-refractivity contribution in [3.8, 4) is 5.75 Å². The SMILES string of the molecule is CCSC1=C(c2ccccc2)C(=O)N(c2cccc(OC)c2)C1=O. The Morgan fingerprint density at radius 2 is 1.75 bits per heavy atom. The number of anilines is 1. The molecule has 0 unspecified atom stereocenters. The minimum atomic E-state index is -0.296. The molecule has 2 aromatic carbocycles. The van der Waals surface area contributed by atoms with E-state index in [4.69, 9.17) is 4.74 Å². The van der Waals surface area contributed by atoms with Gasteiger partial charge in [0.1, 0.15) is 5.75 Å². The predicted molar refractivity (Wildman–Crippen MR) is 97.0 cm³/mol. The van der Waals surface area contributed by atoms with Crippen LogP contribution >= 0.6 is 11.8 Å². The van der Waals surface area contributed by atoms with E-state index in [1.165, 1.54) is 16.7 Å². The molecule has 0 saturated heterocycles. The van der Waals surface area contributed by atoms with Gasteiger partial charge in [-0.1, -0.05) is 43.3 Å². The zero-order chi connectivity index (χ0) is 17.1. The van der Waals surface area contributed by atoms with Crippen LogP contribution in [0, 0.1) is 0 Å². The lowest BCUT2D eigenvalue weighted by Gasteiger charge is -2.16. The monoisotopic (exact) mass is 339 g/mol. The van der Waals surface area contributed by atoms with Crippen LogP contribution in [0.1, 0.15) is 12.5 Å². The van der Waals surface area contributed by atoms with E-state index >= 15 is 0 Å². The summed E-state index contributed by atoms with van der Waals surface area (Å²) in [6.45, 7) is 1.96. The van der Waals surface area contributed by atoms with Crippen LogP contribution in [0.3, 0.4) is 0 Å². The average molecular weight is 339 g/mol. The average Bonchev–Trinajstić information content (AvgIpc) is 2.86. The third kappa shape index (κ3) is 2.83. The van der Waals surface area contributed by atoms with Gasteiger partial charge in [-0.2, -0.15) is 0 Å². The molecule has 122 valence electrons. The molecule has 24 heavy (non-hydrogen) atoms. The third-order valence-electron chi connectivity index (χ3n) is 3.70. The zero-order valence-electron chi connectivity index (χ0n) is 13.5. The van der Waals surface area contributed by atoms with Crippen LogP contribution < -0.4 is 9.64 Å². The number of nitrogens with zero attached hydrogens (tertiary/aromatic N) is 1. The first-order chi connectivity index (χ1) is 11.7. The van der Waals surface area contributed by atoms with Crippen molar-refractivity contribution < 1.29 is 14.3 Å². The molecule has 0 spiro atoms. The molecular weight excluding hydrogens is 322 g/mol. The zero-order valence-corrected chi connectivity index (χ0v) is 14.3. The van der Waals surface area contributed by atoms with Gasteiger partial charge >= 0.3 is 0 Å². The van der Waals surface area contributed by atoms with Crippen molar-refractivity contribution in [1.29, 1.82) is 0 Å². The molecule has 4 nitrogen and oxygen atoms in total. The Labute approximate surface area is 145 Å². The molecule has 0 radical (unpaired) electrons. The van der Waals surface area contributed by atoms with Crippen molar-refractivity contribution >= 4 is 34.8 Å². The van der Waals surface area contributed by atoms with Gasteiger partial charge in [-0.3, -0.25) is 9.59 Å². The number of ether oxygens (including phenoxy) is 1. The summed E-state index contributed by atoms with van der Waals surface area (Å²) in [7, 11) is 1.55. The standard InChI is InChI=1S/C19H17NO3S/c1-3-24-17-16(13-8-5-4-6-9-13)18(21)20(19(17)22)14-10-7-11-15(12-14)23-2/h4-12H,3H2,1-2H3. The Morgan fingerprint density at radius 1 is 1.00 bits per heavy atom. The van der Waals surface area contributed by atoms with Gasteiger partial charge in [0, 0.05) is 6.07 Å². The molecule has 2 aromatic rings. The predicted octanol–water partition coefficient (Wildman–Crippen LogP) is 3.73. The van der Waals surface area contributed by atoms with Gasteiger partial charge in [0.25, 0.3) is 11.8 Å². The Morgan fingerprint density at radius 3 is 2.42 bits per heavy atom. The lowest BCUT2D eigenvalue weighted by molar-refractivity contribution is -0.119. The number of benzene rings is 2. The lowest BCUT2D eigenvalue weighted by atomic mass is 10.1. The van der Waals surface area contributed by atoms with Gasteiger partial charge in [0.05, 0.1) is 23.3 Å². The number of thioether (sulfide) groups is 1. The number of imide groups is 1. The number of hydrogen-bond donors (Lipinski definition) is 0. The summed E-state index contributed by atoms with van der Waals surface area (Å²) in [5.41, 5.74) is 1.75. The summed E-state index contributed by atoms with van der Waals surface area (Å²) in [6, 6.07) is 16.3. The second-order valence-electron chi connectivity index (χ2n) is 5.15. The van der Waals surface area contributed by atoms with E-state index in [1.54, 1.807) is 31.4 Å². The maximum atomic E-state index is 13.0. The number of hydrogen-bond acceptors (Lipinski definition) is 4.